The number of nitrogens with one attached hydrogen (secondary N) is 1. The Kier molecular flexibility index (Phi) is 1.94. The Morgan fingerprint density at radius 2 is 1.94 bits per heavy atom. The molecular formula is C10H15N5O. The van der Waals surface area contributed by atoms with E-state index in [0.29, 0.717) is 11.7 Å². The lowest BCUT2D eigenvalue weighted by Gasteiger charge is -2.32. The predicted octanol–water partition coefficient (Wildman–Crippen LogP) is -0.302. The second-order valence-corrected chi connectivity index (χ2v) is 4.46. The van der Waals surface area contributed by atoms with Crippen LogP contribution in [0.2, 0.25) is 0 Å². The SMILES string of the molecule is Nc1nc(N)c2c(n1)OC1(CCNCC1)C2. The highest BCUT2D eigenvalue weighted by Crippen LogP contribution is 2.40. The van der Waals surface area contributed by atoms with Gasteiger partial charge in [0.25, 0.3) is 0 Å². The van der Waals surface area contributed by atoms with Crippen molar-refractivity contribution in [2.75, 3.05) is 24.6 Å². The number of hydrogen-bond acceptors (Lipinski definition) is 6. The first-order valence-corrected chi connectivity index (χ1v) is 5.50. The molecule has 0 saturated carbocycles. The zero-order chi connectivity index (χ0) is 11.2. The number of nitrogen functional groups attached to an aromatic ring is 2. The maximum Gasteiger partial charge on any atom is 0.225 e. The molecule has 2 aliphatic rings. The molecule has 1 spiro atoms. The second kappa shape index (κ2) is 3.21. The molecule has 0 atom stereocenters. The van der Waals surface area contributed by atoms with Crippen molar-refractivity contribution in [3.8, 4) is 5.88 Å². The second-order valence-electron chi connectivity index (χ2n) is 4.46. The number of anilines is 2. The van der Waals surface area contributed by atoms with Crippen molar-refractivity contribution in [2.45, 2.75) is 24.9 Å². The first-order chi connectivity index (χ1) is 7.69. The van der Waals surface area contributed by atoms with Crippen LogP contribution < -0.4 is 21.5 Å². The van der Waals surface area contributed by atoms with Gasteiger partial charge in [-0.05, 0) is 13.1 Å². The van der Waals surface area contributed by atoms with Crippen molar-refractivity contribution >= 4 is 11.8 Å². The van der Waals surface area contributed by atoms with Crippen molar-refractivity contribution in [1.29, 1.82) is 0 Å². The topological polar surface area (TPSA) is 99.1 Å². The van der Waals surface area contributed by atoms with Gasteiger partial charge in [-0.15, -0.1) is 0 Å². The summed E-state index contributed by atoms with van der Waals surface area (Å²) in [5.74, 6) is 1.21. The van der Waals surface area contributed by atoms with E-state index in [1.807, 2.05) is 0 Å². The van der Waals surface area contributed by atoms with E-state index in [4.69, 9.17) is 16.2 Å². The lowest BCUT2D eigenvalue weighted by molar-refractivity contribution is 0.0563. The standard InChI is InChI=1S/C10H15N5O/c11-7-6-5-10(1-3-13-4-2-10)16-8(6)15-9(12)14-7/h13H,1-5H2,(H4,11,12,14,15). The Morgan fingerprint density at radius 1 is 1.19 bits per heavy atom. The number of hydrogen-bond donors (Lipinski definition) is 3. The van der Waals surface area contributed by atoms with Crippen LogP contribution in [0, 0.1) is 0 Å². The highest BCUT2D eigenvalue weighted by Gasteiger charge is 2.42. The van der Waals surface area contributed by atoms with E-state index in [0.717, 1.165) is 37.9 Å². The first-order valence-electron chi connectivity index (χ1n) is 5.50. The summed E-state index contributed by atoms with van der Waals surface area (Å²) in [4.78, 5) is 8.08. The molecule has 5 N–H and O–H groups in total. The normalized spacial score (nSPS) is 21.8. The quantitative estimate of drug-likeness (QED) is 0.556. The van der Waals surface area contributed by atoms with Crippen LogP contribution in [0.15, 0.2) is 0 Å². The molecule has 0 aromatic carbocycles. The third-order valence-corrected chi connectivity index (χ3v) is 3.35. The van der Waals surface area contributed by atoms with Gasteiger partial charge >= 0.3 is 0 Å². The molecule has 16 heavy (non-hydrogen) atoms. The maximum atomic E-state index is 5.95. The van der Waals surface area contributed by atoms with E-state index in [1.165, 1.54) is 0 Å². The van der Waals surface area contributed by atoms with E-state index in [-0.39, 0.29) is 11.5 Å². The maximum absolute atomic E-state index is 5.95. The number of nitrogens with two attached hydrogens (primary N) is 2. The molecule has 0 aliphatic carbocycles. The fourth-order valence-corrected chi connectivity index (χ4v) is 2.47. The summed E-state index contributed by atoms with van der Waals surface area (Å²) in [6, 6.07) is 0. The highest BCUT2D eigenvalue weighted by atomic mass is 16.5. The smallest absolute Gasteiger partial charge is 0.225 e. The Balaban J connectivity index is 1.96. The van der Waals surface area contributed by atoms with Gasteiger partial charge in [-0.1, -0.05) is 0 Å². The van der Waals surface area contributed by atoms with Crippen LogP contribution in [-0.4, -0.2) is 28.7 Å². The number of rotatable bonds is 0. The van der Waals surface area contributed by atoms with E-state index in [1.54, 1.807) is 0 Å². The third kappa shape index (κ3) is 1.37. The molecule has 1 fully saturated rings. The summed E-state index contributed by atoms with van der Waals surface area (Å²) in [6.07, 6.45) is 2.75. The fourth-order valence-electron chi connectivity index (χ4n) is 2.47. The molecule has 1 aromatic rings. The zero-order valence-corrected chi connectivity index (χ0v) is 8.99. The van der Waals surface area contributed by atoms with E-state index >= 15 is 0 Å². The number of piperidine rings is 1. The van der Waals surface area contributed by atoms with E-state index in [9.17, 15) is 0 Å². The molecule has 0 bridgehead atoms. The Hall–Kier alpha value is -1.56. The van der Waals surface area contributed by atoms with Crippen LogP contribution in [0.1, 0.15) is 18.4 Å². The first kappa shape index (κ1) is 9.65. The highest BCUT2D eigenvalue weighted by molar-refractivity contribution is 5.52. The molecule has 1 saturated heterocycles. The molecule has 2 aliphatic heterocycles. The molecule has 6 heteroatoms. The van der Waals surface area contributed by atoms with Gasteiger partial charge in [0.05, 0.1) is 5.56 Å². The molecule has 0 unspecified atom stereocenters. The van der Waals surface area contributed by atoms with Crippen molar-refractivity contribution < 1.29 is 4.74 Å². The van der Waals surface area contributed by atoms with Crippen molar-refractivity contribution in [1.82, 2.24) is 15.3 Å². The Bertz CT molecular complexity index is 427. The van der Waals surface area contributed by atoms with Crippen LogP contribution in [0.5, 0.6) is 5.88 Å². The van der Waals surface area contributed by atoms with Gasteiger partial charge in [-0.2, -0.15) is 9.97 Å². The average Bonchev–Trinajstić information content (AvgIpc) is 2.57. The number of fused-ring (bicyclic) bond motifs is 1. The molecule has 3 heterocycles. The van der Waals surface area contributed by atoms with Gasteiger partial charge in [0.1, 0.15) is 11.4 Å². The lowest BCUT2D eigenvalue weighted by Crippen LogP contribution is -2.45. The van der Waals surface area contributed by atoms with Crippen molar-refractivity contribution in [3.63, 3.8) is 0 Å². The number of nitrogens with zero attached hydrogens (tertiary/aromatic N) is 2. The molecule has 1 aromatic heterocycles. The van der Waals surface area contributed by atoms with Crippen LogP contribution in [0.25, 0.3) is 0 Å². The summed E-state index contributed by atoms with van der Waals surface area (Å²) >= 11 is 0. The predicted molar refractivity (Wildman–Crippen MR) is 60.0 cm³/mol. The summed E-state index contributed by atoms with van der Waals surface area (Å²) in [7, 11) is 0. The average molecular weight is 221 g/mol. The summed E-state index contributed by atoms with van der Waals surface area (Å²) < 4.78 is 5.95. The monoisotopic (exact) mass is 221 g/mol. The van der Waals surface area contributed by atoms with Gasteiger partial charge in [0, 0.05) is 19.3 Å². The minimum atomic E-state index is -0.135. The van der Waals surface area contributed by atoms with Crippen LogP contribution in [0.3, 0.4) is 0 Å². The summed E-state index contributed by atoms with van der Waals surface area (Å²) in [5, 5.41) is 3.32. The van der Waals surface area contributed by atoms with Gasteiger partial charge < -0.3 is 21.5 Å². The van der Waals surface area contributed by atoms with Crippen LogP contribution in [0.4, 0.5) is 11.8 Å². The Morgan fingerprint density at radius 3 is 2.69 bits per heavy atom. The van der Waals surface area contributed by atoms with Gasteiger partial charge in [-0.25, -0.2) is 0 Å². The number of aromatic nitrogens is 2. The van der Waals surface area contributed by atoms with Gasteiger partial charge in [0.2, 0.25) is 11.8 Å². The third-order valence-electron chi connectivity index (χ3n) is 3.35. The zero-order valence-electron chi connectivity index (χ0n) is 8.99. The minimum absolute atomic E-state index is 0.135. The van der Waals surface area contributed by atoms with Crippen molar-refractivity contribution in [3.05, 3.63) is 5.56 Å². The van der Waals surface area contributed by atoms with Crippen LogP contribution >= 0.6 is 0 Å². The number of ether oxygens (including phenoxy) is 1. The Labute approximate surface area is 93.4 Å². The molecular weight excluding hydrogens is 206 g/mol. The summed E-state index contributed by atoms with van der Waals surface area (Å²) in [6.45, 7) is 1.94. The van der Waals surface area contributed by atoms with Gasteiger partial charge in [-0.3, -0.25) is 0 Å². The molecule has 0 amide bonds. The molecule has 0 radical (unpaired) electrons. The lowest BCUT2D eigenvalue weighted by atomic mass is 9.88. The molecule has 3 rings (SSSR count). The molecule has 6 nitrogen and oxygen atoms in total. The van der Waals surface area contributed by atoms with E-state index in [2.05, 4.69) is 15.3 Å². The summed E-state index contributed by atoms with van der Waals surface area (Å²) in [5.41, 5.74) is 12.2. The van der Waals surface area contributed by atoms with Crippen molar-refractivity contribution in [2.24, 2.45) is 0 Å². The largest absolute Gasteiger partial charge is 0.470 e. The van der Waals surface area contributed by atoms with Crippen LogP contribution in [-0.2, 0) is 6.42 Å². The van der Waals surface area contributed by atoms with Gasteiger partial charge in [0.15, 0.2) is 0 Å². The fraction of sp³-hybridized carbons (Fsp3) is 0.600. The minimum Gasteiger partial charge on any atom is -0.470 e. The molecule has 86 valence electrons. The van der Waals surface area contributed by atoms with E-state index < -0.39 is 0 Å².